The molecule has 0 aliphatic heterocycles. The number of ether oxygens (including phenoxy) is 3. The molecule has 1 aliphatic rings. The molecule has 0 radical (unpaired) electrons. The Hall–Kier alpha value is -3.86. The molecule has 4 rings (SSSR count). The van der Waals surface area contributed by atoms with E-state index in [1.165, 1.54) is 7.11 Å². The van der Waals surface area contributed by atoms with E-state index in [1.807, 2.05) is 60.7 Å². The van der Waals surface area contributed by atoms with E-state index in [0.717, 1.165) is 40.0 Å². The molecule has 5 heteroatoms. The minimum absolute atomic E-state index is 0.0436. The lowest BCUT2D eigenvalue weighted by molar-refractivity contribution is 0.0600. The van der Waals surface area contributed by atoms with E-state index in [2.05, 4.69) is 0 Å². The number of allylic oxidation sites excluding steroid dienone is 1. The standard InChI is InChI=1S/C27H24O5/c1-30-23-13-14-24-20(16-23)11-12-22(26(24)28)15-21-5-3-4-6-25(21)32-17-18-7-9-19(10-8-18)27(29)31-2/h3-10,13-16H,11-12,17H2,1-2H3/b22-15+. The largest absolute Gasteiger partial charge is 0.497 e. The fourth-order valence-corrected chi connectivity index (χ4v) is 3.75. The van der Waals surface area contributed by atoms with Gasteiger partial charge in [-0.25, -0.2) is 4.79 Å². The minimum Gasteiger partial charge on any atom is -0.497 e. The summed E-state index contributed by atoms with van der Waals surface area (Å²) in [5.41, 5.74) is 4.80. The van der Waals surface area contributed by atoms with E-state index in [1.54, 1.807) is 19.2 Å². The smallest absolute Gasteiger partial charge is 0.337 e. The summed E-state index contributed by atoms with van der Waals surface area (Å²) in [5, 5.41) is 0. The van der Waals surface area contributed by atoms with Crippen LogP contribution < -0.4 is 9.47 Å². The molecule has 1 aliphatic carbocycles. The minimum atomic E-state index is -0.369. The van der Waals surface area contributed by atoms with Crippen LogP contribution in [0.5, 0.6) is 11.5 Å². The number of Topliss-reactive ketones (excluding diaryl/α,β-unsaturated/α-hetero) is 1. The van der Waals surface area contributed by atoms with Crippen LogP contribution in [0.4, 0.5) is 0 Å². The number of esters is 1. The highest BCUT2D eigenvalue weighted by Crippen LogP contribution is 2.31. The third-order valence-electron chi connectivity index (χ3n) is 5.53. The summed E-state index contributed by atoms with van der Waals surface area (Å²) in [6, 6.07) is 20.4. The van der Waals surface area contributed by atoms with Gasteiger partial charge in [-0.15, -0.1) is 0 Å². The highest BCUT2D eigenvalue weighted by Gasteiger charge is 2.22. The number of rotatable bonds is 6. The molecular weight excluding hydrogens is 404 g/mol. The number of fused-ring (bicyclic) bond motifs is 1. The number of ketones is 1. The van der Waals surface area contributed by atoms with E-state index < -0.39 is 0 Å². The van der Waals surface area contributed by atoms with Gasteiger partial charge in [0.25, 0.3) is 0 Å². The summed E-state index contributed by atoms with van der Waals surface area (Å²) >= 11 is 0. The normalized spacial score (nSPS) is 14.1. The number of benzene rings is 3. The number of para-hydroxylation sites is 1. The highest BCUT2D eigenvalue weighted by atomic mass is 16.5. The third kappa shape index (κ3) is 4.57. The van der Waals surface area contributed by atoms with Crippen molar-refractivity contribution in [2.24, 2.45) is 0 Å². The molecule has 0 atom stereocenters. The van der Waals surface area contributed by atoms with Crippen LogP contribution >= 0.6 is 0 Å². The van der Waals surface area contributed by atoms with Gasteiger partial charge in [0.05, 0.1) is 19.8 Å². The third-order valence-corrected chi connectivity index (χ3v) is 5.53. The Kier molecular flexibility index (Phi) is 6.36. The monoisotopic (exact) mass is 428 g/mol. The molecule has 0 amide bonds. The first kappa shape index (κ1) is 21.4. The predicted octanol–water partition coefficient (Wildman–Crippen LogP) is 5.27. The zero-order valence-electron chi connectivity index (χ0n) is 18.1. The molecule has 3 aromatic carbocycles. The van der Waals surface area contributed by atoms with Crippen molar-refractivity contribution in [2.75, 3.05) is 14.2 Å². The van der Waals surface area contributed by atoms with Crippen molar-refractivity contribution >= 4 is 17.8 Å². The van der Waals surface area contributed by atoms with Crippen molar-refractivity contribution in [3.05, 3.63) is 100 Å². The first-order valence-corrected chi connectivity index (χ1v) is 10.4. The summed E-state index contributed by atoms with van der Waals surface area (Å²) in [6.07, 6.45) is 3.38. The molecule has 32 heavy (non-hydrogen) atoms. The van der Waals surface area contributed by atoms with Crippen LogP contribution in [0.25, 0.3) is 6.08 Å². The van der Waals surface area contributed by atoms with Crippen LogP contribution in [0.2, 0.25) is 0 Å². The first-order chi connectivity index (χ1) is 15.6. The van der Waals surface area contributed by atoms with E-state index in [0.29, 0.717) is 24.3 Å². The van der Waals surface area contributed by atoms with Crippen molar-refractivity contribution in [1.82, 2.24) is 0 Å². The molecule has 3 aromatic rings. The molecule has 5 nitrogen and oxygen atoms in total. The van der Waals surface area contributed by atoms with Gasteiger partial charge in [-0.1, -0.05) is 30.3 Å². The van der Waals surface area contributed by atoms with Crippen molar-refractivity contribution < 1.29 is 23.8 Å². The Morgan fingerprint density at radius 2 is 1.75 bits per heavy atom. The van der Waals surface area contributed by atoms with Crippen LogP contribution in [0.15, 0.2) is 72.3 Å². The fraction of sp³-hybridized carbons (Fsp3) is 0.185. The number of hydrogen-bond donors (Lipinski definition) is 0. The molecule has 0 saturated heterocycles. The second kappa shape index (κ2) is 9.52. The summed E-state index contributed by atoms with van der Waals surface area (Å²) in [4.78, 5) is 24.6. The number of methoxy groups -OCH3 is 2. The van der Waals surface area contributed by atoms with Crippen LogP contribution in [-0.4, -0.2) is 26.0 Å². The van der Waals surface area contributed by atoms with Crippen LogP contribution in [0, 0.1) is 0 Å². The molecule has 0 saturated carbocycles. The van der Waals surface area contributed by atoms with Crippen molar-refractivity contribution in [1.29, 1.82) is 0 Å². The second-order valence-electron chi connectivity index (χ2n) is 7.54. The van der Waals surface area contributed by atoms with Gasteiger partial charge < -0.3 is 14.2 Å². The van der Waals surface area contributed by atoms with Gasteiger partial charge >= 0.3 is 5.97 Å². The van der Waals surface area contributed by atoms with E-state index in [9.17, 15) is 9.59 Å². The summed E-state index contributed by atoms with van der Waals surface area (Å²) in [5.74, 6) is 1.14. The molecule has 0 aromatic heterocycles. The van der Waals surface area contributed by atoms with Gasteiger partial charge in [-0.2, -0.15) is 0 Å². The molecule has 162 valence electrons. The number of aryl methyl sites for hydroxylation is 1. The molecule has 0 spiro atoms. The zero-order valence-corrected chi connectivity index (χ0v) is 18.1. The summed E-state index contributed by atoms with van der Waals surface area (Å²) in [6.45, 7) is 0.345. The van der Waals surface area contributed by atoms with Crippen molar-refractivity contribution in [3.63, 3.8) is 0 Å². The van der Waals surface area contributed by atoms with Gasteiger partial charge in [0.15, 0.2) is 5.78 Å². The SMILES string of the molecule is COC(=O)c1ccc(COc2ccccc2/C=C2\CCc3cc(OC)ccc3C2=O)cc1. The van der Waals surface area contributed by atoms with Crippen LogP contribution in [0.1, 0.15) is 43.8 Å². The van der Waals surface area contributed by atoms with Gasteiger partial charge in [-0.3, -0.25) is 4.79 Å². The molecule has 0 unspecified atom stereocenters. The maximum atomic E-state index is 13.0. The Morgan fingerprint density at radius 1 is 0.969 bits per heavy atom. The van der Waals surface area contributed by atoms with Crippen molar-refractivity contribution in [2.45, 2.75) is 19.4 Å². The Bertz CT molecular complexity index is 1170. The molecule has 0 N–H and O–H groups in total. The van der Waals surface area contributed by atoms with E-state index in [4.69, 9.17) is 14.2 Å². The summed E-state index contributed by atoms with van der Waals surface area (Å²) < 4.78 is 16.0. The first-order valence-electron chi connectivity index (χ1n) is 10.4. The second-order valence-corrected chi connectivity index (χ2v) is 7.54. The predicted molar refractivity (Wildman–Crippen MR) is 122 cm³/mol. The van der Waals surface area contributed by atoms with Gasteiger partial charge in [0.2, 0.25) is 0 Å². The van der Waals surface area contributed by atoms with Crippen molar-refractivity contribution in [3.8, 4) is 11.5 Å². The maximum Gasteiger partial charge on any atom is 0.337 e. The maximum absolute atomic E-state index is 13.0. The van der Waals surface area contributed by atoms with E-state index >= 15 is 0 Å². The average Bonchev–Trinajstić information content (AvgIpc) is 2.84. The fourth-order valence-electron chi connectivity index (χ4n) is 3.75. The number of hydrogen-bond acceptors (Lipinski definition) is 5. The molecule has 0 fully saturated rings. The molecule has 0 heterocycles. The lowest BCUT2D eigenvalue weighted by Crippen LogP contribution is -2.14. The van der Waals surface area contributed by atoms with Crippen LogP contribution in [0.3, 0.4) is 0 Å². The molecular formula is C27H24O5. The lowest BCUT2D eigenvalue weighted by Gasteiger charge is -2.19. The Morgan fingerprint density at radius 3 is 2.50 bits per heavy atom. The molecule has 0 bridgehead atoms. The van der Waals surface area contributed by atoms with Gasteiger partial charge in [0.1, 0.15) is 18.1 Å². The Balaban J connectivity index is 1.51. The topological polar surface area (TPSA) is 61.8 Å². The van der Waals surface area contributed by atoms with Gasteiger partial charge in [-0.05, 0) is 66.4 Å². The number of carbonyl (C=O) groups is 2. The summed E-state index contributed by atoms with van der Waals surface area (Å²) in [7, 11) is 2.99. The van der Waals surface area contributed by atoms with Gasteiger partial charge in [0, 0.05) is 16.7 Å². The quantitative estimate of drug-likeness (QED) is 0.395. The van der Waals surface area contributed by atoms with Crippen LogP contribution in [-0.2, 0) is 17.8 Å². The number of carbonyl (C=O) groups excluding carboxylic acids is 2. The van der Waals surface area contributed by atoms with E-state index in [-0.39, 0.29) is 11.8 Å². The highest BCUT2D eigenvalue weighted by molar-refractivity contribution is 6.13. The average molecular weight is 428 g/mol. The lowest BCUT2D eigenvalue weighted by atomic mass is 9.86. The zero-order chi connectivity index (χ0) is 22.5. The Labute approximate surface area is 187 Å².